The van der Waals surface area contributed by atoms with Crippen molar-refractivity contribution in [2.45, 2.75) is 12.6 Å². The van der Waals surface area contributed by atoms with Gasteiger partial charge in [0.25, 0.3) is 5.91 Å². The van der Waals surface area contributed by atoms with E-state index < -0.39 is 0 Å². The molecular formula is C25H24N8O2. The van der Waals surface area contributed by atoms with Gasteiger partial charge in [-0.25, -0.2) is 4.98 Å². The van der Waals surface area contributed by atoms with E-state index in [0.29, 0.717) is 42.1 Å². The molecule has 1 fully saturated rings. The van der Waals surface area contributed by atoms with E-state index in [9.17, 15) is 4.79 Å². The molecule has 176 valence electrons. The minimum Gasteiger partial charge on any atom is -0.474 e. The molecule has 3 N–H and O–H groups in total. The van der Waals surface area contributed by atoms with Gasteiger partial charge in [0, 0.05) is 62.1 Å². The van der Waals surface area contributed by atoms with E-state index >= 15 is 0 Å². The first kappa shape index (κ1) is 20.2. The summed E-state index contributed by atoms with van der Waals surface area (Å²) in [5.74, 6) is 1.10. The third-order valence-corrected chi connectivity index (χ3v) is 7.03. The number of fused-ring (bicyclic) bond motifs is 5. The minimum atomic E-state index is -0.123. The molecule has 7 heterocycles. The van der Waals surface area contributed by atoms with Crippen LogP contribution in [0.1, 0.15) is 15.9 Å². The number of carbonyl (C=O) groups is 1. The summed E-state index contributed by atoms with van der Waals surface area (Å²) < 4.78 is 7.95. The Morgan fingerprint density at radius 3 is 3.09 bits per heavy atom. The van der Waals surface area contributed by atoms with Crippen molar-refractivity contribution in [1.29, 1.82) is 0 Å². The van der Waals surface area contributed by atoms with Gasteiger partial charge in [-0.3, -0.25) is 9.78 Å². The van der Waals surface area contributed by atoms with E-state index in [4.69, 9.17) is 14.7 Å². The Hall–Kier alpha value is -4.18. The highest BCUT2D eigenvalue weighted by Gasteiger charge is 2.31. The minimum absolute atomic E-state index is 0.123. The molecule has 0 bridgehead atoms. The molecule has 1 amide bonds. The van der Waals surface area contributed by atoms with Crippen molar-refractivity contribution in [2.75, 3.05) is 36.5 Å². The van der Waals surface area contributed by atoms with E-state index in [1.807, 2.05) is 42.1 Å². The van der Waals surface area contributed by atoms with Crippen molar-refractivity contribution in [2.24, 2.45) is 7.05 Å². The van der Waals surface area contributed by atoms with Crippen LogP contribution in [0, 0.1) is 0 Å². The topological polar surface area (TPSA) is 109 Å². The van der Waals surface area contributed by atoms with Gasteiger partial charge in [-0.2, -0.15) is 4.98 Å². The molecular weight excluding hydrogens is 444 g/mol. The van der Waals surface area contributed by atoms with Crippen LogP contribution in [0.2, 0.25) is 0 Å². The fourth-order valence-electron chi connectivity index (χ4n) is 5.31. The standard InChI is InChI=1S/C25H24N8O2/c1-32-8-5-16-15(4-6-27-23(16)32)22-17-11-29-24(34)21(17)18(12-28-22)30-20-3-2-19-25(31-20)35-13-14-10-26-7-9-33(14)19/h2-6,8,12,14,26H,7,9-11,13H2,1H3,(H,29,34)(H,30,31). The number of aromatic nitrogens is 4. The molecule has 10 heteroatoms. The summed E-state index contributed by atoms with van der Waals surface area (Å²) in [5, 5.41) is 10.7. The zero-order valence-corrected chi connectivity index (χ0v) is 19.2. The van der Waals surface area contributed by atoms with Crippen LogP contribution in [0.3, 0.4) is 0 Å². The van der Waals surface area contributed by atoms with Crippen LogP contribution >= 0.6 is 0 Å². The maximum atomic E-state index is 12.9. The van der Waals surface area contributed by atoms with Crippen LogP contribution in [0.5, 0.6) is 5.88 Å². The van der Waals surface area contributed by atoms with Crippen LogP contribution in [-0.2, 0) is 13.6 Å². The fraction of sp³-hybridized carbons (Fsp3) is 0.280. The van der Waals surface area contributed by atoms with Gasteiger partial charge >= 0.3 is 0 Å². The second-order valence-electron chi connectivity index (χ2n) is 9.09. The molecule has 4 aromatic rings. The second kappa shape index (κ2) is 7.67. The lowest BCUT2D eigenvalue weighted by Gasteiger charge is -2.41. The highest BCUT2D eigenvalue weighted by atomic mass is 16.5. The van der Waals surface area contributed by atoms with Crippen molar-refractivity contribution >= 4 is 34.1 Å². The van der Waals surface area contributed by atoms with E-state index in [1.165, 1.54) is 0 Å². The molecule has 35 heavy (non-hydrogen) atoms. The zero-order valence-electron chi connectivity index (χ0n) is 19.2. The van der Waals surface area contributed by atoms with Crippen molar-refractivity contribution in [3.63, 3.8) is 0 Å². The summed E-state index contributed by atoms with van der Waals surface area (Å²) in [7, 11) is 1.96. The smallest absolute Gasteiger partial charge is 0.254 e. The maximum Gasteiger partial charge on any atom is 0.254 e. The number of anilines is 3. The van der Waals surface area contributed by atoms with Crippen LogP contribution in [-0.4, -0.2) is 57.7 Å². The van der Waals surface area contributed by atoms with Gasteiger partial charge in [0.2, 0.25) is 5.88 Å². The average molecular weight is 469 g/mol. The highest BCUT2D eigenvalue weighted by molar-refractivity contribution is 6.06. The quantitative estimate of drug-likeness (QED) is 0.420. The Balaban J connectivity index is 1.26. The van der Waals surface area contributed by atoms with Crippen molar-refractivity contribution in [3.8, 4) is 17.1 Å². The van der Waals surface area contributed by atoms with Gasteiger partial charge in [-0.1, -0.05) is 0 Å². The SMILES string of the molecule is Cn1ccc2c(-c3ncc(Nc4ccc5c(n4)OCC4CNCCN54)c4c3CNC4=O)ccnc21. The molecule has 0 spiro atoms. The number of carbonyl (C=O) groups excluding carboxylic acids is 1. The molecule has 4 aromatic heterocycles. The van der Waals surface area contributed by atoms with Crippen LogP contribution < -0.4 is 25.6 Å². The van der Waals surface area contributed by atoms with Crippen LogP contribution in [0.15, 0.2) is 42.9 Å². The molecule has 7 rings (SSSR count). The number of piperazine rings is 1. The van der Waals surface area contributed by atoms with Crippen molar-refractivity contribution in [3.05, 3.63) is 54.0 Å². The Bertz CT molecular complexity index is 1500. The lowest BCUT2D eigenvalue weighted by Crippen LogP contribution is -2.55. The first-order valence-electron chi connectivity index (χ1n) is 11.8. The number of hydrogen-bond donors (Lipinski definition) is 3. The molecule has 10 nitrogen and oxygen atoms in total. The van der Waals surface area contributed by atoms with Crippen molar-refractivity contribution < 1.29 is 9.53 Å². The normalized spacial score (nSPS) is 18.5. The molecule has 3 aliphatic heterocycles. The Morgan fingerprint density at radius 2 is 2.14 bits per heavy atom. The number of rotatable bonds is 3. The van der Waals surface area contributed by atoms with Crippen molar-refractivity contribution in [1.82, 2.24) is 30.2 Å². The van der Waals surface area contributed by atoms with Gasteiger partial charge in [-0.15, -0.1) is 0 Å². The highest BCUT2D eigenvalue weighted by Crippen LogP contribution is 2.38. The fourth-order valence-corrected chi connectivity index (χ4v) is 5.31. The third kappa shape index (κ3) is 3.13. The van der Waals surface area contributed by atoms with E-state index in [0.717, 1.165) is 53.2 Å². The first-order chi connectivity index (χ1) is 17.2. The number of nitrogens with zero attached hydrogens (tertiary/aromatic N) is 5. The van der Waals surface area contributed by atoms with E-state index in [1.54, 1.807) is 12.4 Å². The molecule has 3 aliphatic rings. The Labute approximate surface area is 201 Å². The van der Waals surface area contributed by atoms with Gasteiger partial charge in [0.05, 0.1) is 29.2 Å². The summed E-state index contributed by atoms with van der Waals surface area (Å²) in [4.78, 5) is 29.2. The maximum absolute atomic E-state index is 12.9. The van der Waals surface area contributed by atoms with Gasteiger partial charge in [-0.05, 0) is 24.3 Å². The summed E-state index contributed by atoms with van der Waals surface area (Å²) in [6, 6.07) is 8.27. The molecule has 1 atom stereocenters. The van der Waals surface area contributed by atoms with Crippen LogP contribution in [0.25, 0.3) is 22.3 Å². The number of nitrogens with one attached hydrogen (secondary N) is 3. The zero-order chi connectivity index (χ0) is 23.5. The third-order valence-electron chi connectivity index (χ3n) is 7.03. The summed E-state index contributed by atoms with van der Waals surface area (Å²) in [6.45, 7) is 3.81. The van der Waals surface area contributed by atoms with E-state index in [2.05, 4.69) is 25.8 Å². The number of hydrogen-bond acceptors (Lipinski definition) is 8. The predicted octanol–water partition coefficient (Wildman–Crippen LogP) is 2.19. The largest absolute Gasteiger partial charge is 0.474 e. The predicted molar refractivity (Wildman–Crippen MR) is 132 cm³/mol. The molecule has 0 saturated carbocycles. The molecule has 0 aromatic carbocycles. The van der Waals surface area contributed by atoms with E-state index in [-0.39, 0.29) is 5.91 Å². The summed E-state index contributed by atoms with van der Waals surface area (Å²) in [5.41, 5.74) is 5.72. The van der Waals surface area contributed by atoms with Gasteiger partial charge < -0.3 is 30.2 Å². The summed E-state index contributed by atoms with van der Waals surface area (Å²) in [6.07, 6.45) is 5.47. The van der Waals surface area contributed by atoms with Gasteiger partial charge in [0.1, 0.15) is 23.8 Å². The number of pyridine rings is 3. The number of aryl methyl sites for hydroxylation is 1. The lowest BCUT2D eigenvalue weighted by atomic mass is 10.0. The number of ether oxygens (including phenoxy) is 1. The lowest BCUT2D eigenvalue weighted by molar-refractivity contribution is 0.0966. The van der Waals surface area contributed by atoms with Crippen LogP contribution in [0.4, 0.5) is 17.2 Å². The Kier molecular flexibility index (Phi) is 4.43. The second-order valence-corrected chi connectivity index (χ2v) is 9.09. The summed E-state index contributed by atoms with van der Waals surface area (Å²) >= 11 is 0. The number of amides is 1. The monoisotopic (exact) mass is 468 g/mol. The van der Waals surface area contributed by atoms with Gasteiger partial charge in [0.15, 0.2) is 0 Å². The first-order valence-corrected chi connectivity index (χ1v) is 11.8. The molecule has 0 aliphatic carbocycles. The molecule has 1 saturated heterocycles. The molecule has 0 radical (unpaired) electrons. The Morgan fingerprint density at radius 1 is 1.20 bits per heavy atom. The molecule has 1 unspecified atom stereocenters. The average Bonchev–Trinajstić information content (AvgIpc) is 3.47.